The van der Waals surface area contributed by atoms with Crippen molar-refractivity contribution in [2.75, 3.05) is 0 Å². The van der Waals surface area contributed by atoms with E-state index < -0.39 is 0 Å². The average molecular weight is 383 g/mol. The molecule has 28 heavy (non-hydrogen) atoms. The predicted octanol–water partition coefficient (Wildman–Crippen LogP) is 6.00. The number of hydrogen-bond acceptors (Lipinski definition) is 2. The van der Waals surface area contributed by atoms with Crippen molar-refractivity contribution in [2.45, 2.75) is 14.7 Å². The number of esters is 1. The Morgan fingerprint density at radius 2 is 0.964 bits per heavy atom. The Morgan fingerprint density at radius 1 is 0.536 bits per heavy atom. The smallest absolute Gasteiger partial charge is 0.343 e. The summed E-state index contributed by atoms with van der Waals surface area (Å²) in [5.74, 6) is 0.196. The van der Waals surface area contributed by atoms with Gasteiger partial charge in [-0.05, 0) is 60.7 Å². The highest BCUT2D eigenvalue weighted by Gasteiger charge is 2.28. The van der Waals surface area contributed by atoms with E-state index >= 15 is 0 Å². The number of carbonyl (C=O) groups excluding carboxylic acids is 1. The van der Waals surface area contributed by atoms with Crippen LogP contribution in [0.2, 0.25) is 0 Å². The molecule has 3 heteroatoms. The number of para-hydroxylation sites is 1. The van der Waals surface area contributed by atoms with Crippen molar-refractivity contribution in [3.63, 3.8) is 0 Å². The first kappa shape index (κ1) is 18.1. The maximum Gasteiger partial charge on any atom is 0.343 e. The molecule has 0 fully saturated rings. The first-order chi connectivity index (χ1) is 13.8. The molecule has 0 saturated heterocycles. The lowest BCUT2D eigenvalue weighted by Gasteiger charge is -2.09. The number of benzene rings is 4. The largest absolute Gasteiger partial charge is 0.423 e. The van der Waals surface area contributed by atoms with E-state index in [0.717, 1.165) is 4.90 Å². The van der Waals surface area contributed by atoms with Gasteiger partial charge in [-0.3, -0.25) is 0 Å². The molecular weight excluding hydrogens is 364 g/mol. The van der Waals surface area contributed by atoms with E-state index in [4.69, 9.17) is 4.74 Å². The van der Waals surface area contributed by atoms with Gasteiger partial charge in [0.05, 0.1) is 16.5 Å². The van der Waals surface area contributed by atoms with Crippen molar-refractivity contribution >= 4 is 16.9 Å². The molecule has 0 radical (unpaired) electrons. The van der Waals surface area contributed by atoms with Gasteiger partial charge < -0.3 is 4.74 Å². The molecule has 0 spiro atoms. The maximum absolute atomic E-state index is 12.4. The summed E-state index contributed by atoms with van der Waals surface area (Å²) >= 11 is 0. The first-order valence-electron chi connectivity index (χ1n) is 9.03. The van der Waals surface area contributed by atoms with E-state index in [-0.39, 0.29) is 16.9 Å². The average Bonchev–Trinajstić information content (AvgIpc) is 2.77. The van der Waals surface area contributed by atoms with E-state index in [0.29, 0.717) is 11.3 Å². The Balaban J connectivity index is 1.62. The Labute approximate surface area is 167 Å². The van der Waals surface area contributed by atoms with Crippen LogP contribution < -0.4 is 4.74 Å². The normalized spacial score (nSPS) is 10.6. The zero-order valence-corrected chi connectivity index (χ0v) is 16.0. The molecule has 4 aromatic rings. The third-order valence-corrected chi connectivity index (χ3v) is 6.47. The van der Waals surface area contributed by atoms with E-state index in [9.17, 15) is 4.79 Å². The fraction of sp³-hybridized carbons (Fsp3) is 0. The monoisotopic (exact) mass is 383 g/mol. The zero-order chi connectivity index (χ0) is 19.2. The van der Waals surface area contributed by atoms with Crippen LogP contribution in [0.3, 0.4) is 0 Å². The van der Waals surface area contributed by atoms with Crippen molar-refractivity contribution in [3.8, 4) is 5.75 Å². The minimum absolute atomic E-state index is 0.226. The molecule has 0 N–H and O–H groups in total. The Bertz CT molecular complexity index is 991. The molecule has 0 heterocycles. The molecule has 0 aromatic heterocycles. The molecule has 0 atom stereocenters. The van der Waals surface area contributed by atoms with E-state index in [1.165, 1.54) is 9.79 Å². The summed E-state index contributed by atoms with van der Waals surface area (Å²) in [6.45, 7) is 0. The highest BCUT2D eigenvalue weighted by Crippen LogP contribution is 2.31. The van der Waals surface area contributed by atoms with Crippen LogP contribution in [-0.4, -0.2) is 5.97 Å². The van der Waals surface area contributed by atoms with Gasteiger partial charge >= 0.3 is 5.97 Å². The van der Waals surface area contributed by atoms with Crippen LogP contribution >= 0.6 is 0 Å². The van der Waals surface area contributed by atoms with Gasteiger partial charge in [0.1, 0.15) is 5.75 Å². The van der Waals surface area contributed by atoms with Gasteiger partial charge in [0, 0.05) is 0 Å². The first-order valence-corrected chi connectivity index (χ1v) is 10.3. The fourth-order valence-corrected chi connectivity index (χ4v) is 4.99. The number of carbonyl (C=O) groups is 1. The van der Waals surface area contributed by atoms with Crippen molar-refractivity contribution in [1.29, 1.82) is 0 Å². The van der Waals surface area contributed by atoms with E-state index in [2.05, 4.69) is 48.5 Å². The van der Waals surface area contributed by atoms with Gasteiger partial charge in [0.25, 0.3) is 0 Å². The van der Waals surface area contributed by atoms with Gasteiger partial charge in [-0.2, -0.15) is 0 Å². The molecule has 4 aromatic carbocycles. The summed E-state index contributed by atoms with van der Waals surface area (Å²) in [6.07, 6.45) is 0. The Morgan fingerprint density at radius 3 is 1.46 bits per heavy atom. The lowest BCUT2D eigenvalue weighted by molar-refractivity contribution is 0.0734. The Kier molecular flexibility index (Phi) is 5.55. The lowest BCUT2D eigenvalue weighted by Crippen LogP contribution is -2.09. The minimum atomic E-state index is -0.350. The van der Waals surface area contributed by atoms with Gasteiger partial charge in [-0.25, -0.2) is 4.79 Å². The molecule has 0 aliphatic rings. The second-order valence-electron chi connectivity index (χ2n) is 6.16. The zero-order valence-electron chi connectivity index (χ0n) is 15.2. The van der Waals surface area contributed by atoms with E-state index in [1.807, 2.05) is 54.6 Å². The highest BCUT2D eigenvalue weighted by molar-refractivity contribution is 7.97. The van der Waals surface area contributed by atoms with Crippen LogP contribution in [0.15, 0.2) is 130 Å². The summed E-state index contributed by atoms with van der Waals surface area (Å²) in [4.78, 5) is 16.1. The summed E-state index contributed by atoms with van der Waals surface area (Å²) in [5.41, 5.74) is 0.539. The quantitative estimate of drug-likeness (QED) is 0.240. The van der Waals surface area contributed by atoms with Gasteiger partial charge in [0.2, 0.25) is 0 Å². The van der Waals surface area contributed by atoms with E-state index in [1.54, 1.807) is 12.1 Å². The topological polar surface area (TPSA) is 26.3 Å². The standard InChI is InChI=1S/C25H19O2S/c26-25(27-21-10-4-1-5-11-21)20-16-18-24(19-17-20)28(22-12-6-2-7-13-22)23-14-8-3-9-15-23/h1-19H/q+1. The molecule has 2 nitrogen and oxygen atoms in total. The SMILES string of the molecule is O=C(Oc1ccccc1)c1ccc([S+](c2ccccc2)c2ccccc2)cc1. The number of ether oxygens (including phenoxy) is 1. The molecule has 0 aliphatic carbocycles. The molecule has 0 aliphatic heterocycles. The molecule has 0 amide bonds. The third kappa shape index (κ3) is 4.16. The second-order valence-corrected chi connectivity index (χ2v) is 8.19. The third-order valence-electron chi connectivity index (χ3n) is 4.24. The predicted molar refractivity (Wildman–Crippen MR) is 113 cm³/mol. The molecule has 4 rings (SSSR count). The van der Waals surface area contributed by atoms with Crippen molar-refractivity contribution in [3.05, 3.63) is 121 Å². The summed E-state index contributed by atoms with van der Waals surface area (Å²) in [7, 11) is -0.226. The summed E-state index contributed by atoms with van der Waals surface area (Å²) in [5, 5.41) is 0. The van der Waals surface area contributed by atoms with Crippen LogP contribution in [0.25, 0.3) is 0 Å². The lowest BCUT2D eigenvalue weighted by atomic mass is 10.2. The van der Waals surface area contributed by atoms with Crippen LogP contribution in [0, 0.1) is 0 Å². The minimum Gasteiger partial charge on any atom is -0.423 e. The molecule has 0 bridgehead atoms. The number of hydrogen-bond donors (Lipinski definition) is 0. The van der Waals surface area contributed by atoms with Crippen molar-refractivity contribution < 1.29 is 9.53 Å². The second kappa shape index (κ2) is 8.59. The Hall–Kier alpha value is -3.30. The molecule has 0 saturated carbocycles. The molecule has 0 unspecified atom stereocenters. The van der Waals surface area contributed by atoms with Crippen LogP contribution in [0.1, 0.15) is 10.4 Å². The van der Waals surface area contributed by atoms with Crippen molar-refractivity contribution in [1.82, 2.24) is 0 Å². The highest BCUT2D eigenvalue weighted by atomic mass is 32.2. The van der Waals surface area contributed by atoms with Crippen LogP contribution in [0.4, 0.5) is 0 Å². The van der Waals surface area contributed by atoms with Gasteiger partial charge in [0.15, 0.2) is 14.7 Å². The fourth-order valence-electron chi connectivity index (χ4n) is 2.90. The molecule has 136 valence electrons. The maximum atomic E-state index is 12.4. The summed E-state index contributed by atoms with van der Waals surface area (Å²) < 4.78 is 5.43. The number of rotatable bonds is 5. The van der Waals surface area contributed by atoms with Gasteiger partial charge in [-0.15, -0.1) is 0 Å². The summed E-state index contributed by atoms with van der Waals surface area (Å²) in [6, 6.07) is 37.7. The van der Waals surface area contributed by atoms with Gasteiger partial charge in [-0.1, -0.05) is 54.6 Å². The van der Waals surface area contributed by atoms with Crippen molar-refractivity contribution in [2.24, 2.45) is 0 Å². The van der Waals surface area contributed by atoms with Crippen LogP contribution in [-0.2, 0) is 10.9 Å². The molecular formula is C25H19O2S+. The van der Waals surface area contributed by atoms with Crippen LogP contribution in [0.5, 0.6) is 5.75 Å².